The third-order valence-electron chi connectivity index (χ3n) is 3.64. The maximum atomic E-state index is 11.8. The fraction of sp³-hybridized carbons (Fsp3) is 0.692. The van der Waals surface area contributed by atoms with Gasteiger partial charge in [-0.15, -0.1) is 0 Å². The molecule has 0 atom stereocenters. The van der Waals surface area contributed by atoms with Crippen LogP contribution in [0.2, 0.25) is 0 Å². The predicted octanol–water partition coefficient (Wildman–Crippen LogP) is 1.93. The van der Waals surface area contributed by atoms with E-state index in [-0.39, 0.29) is 5.91 Å². The summed E-state index contributed by atoms with van der Waals surface area (Å²) in [5.74, 6) is 1.43. The summed E-state index contributed by atoms with van der Waals surface area (Å²) >= 11 is 4.11. The second-order valence-corrected chi connectivity index (χ2v) is 5.15. The highest BCUT2D eigenvalue weighted by Crippen LogP contribution is 2.28. The SMILES string of the molecule is CCn1nccc1C1CCN(C(=O)CCS)CC1. The number of piperidine rings is 1. The van der Waals surface area contributed by atoms with Crippen LogP contribution in [0.1, 0.15) is 37.8 Å². The van der Waals surface area contributed by atoms with Crippen molar-refractivity contribution < 1.29 is 4.79 Å². The number of amides is 1. The summed E-state index contributed by atoms with van der Waals surface area (Å²) in [6.07, 6.45) is 4.52. The molecule has 1 fully saturated rings. The average Bonchev–Trinajstić information content (AvgIpc) is 2.87. The molecule has 100 valence electrons. The van der Waals surface area contributed by atoms with Gasteiger partial charge in [-0.25, -0.2) is 0 Å². The Morgan fingerprint density at radius 3 is 2.83 bits per heavy atom. The van der Waals surface area contributed by atoms with Crippen molar-refractivity contribution in [3.05, 3.63) is 18.0 Å². The second kappa shape index (κ2) is 6.27. The average molecular weight is 267 g/mol. The first kappa shape index (κ1) is 13.5. The standard InChI is InChI=1S/C13H21N3OS/c1-2-16-12(3-7-14-16)11-4-8-15(9-5-11)13(17)6-10-18/h3,7,11,18H,2,4-6,8-10H2,1H3. The van der Waals surface area contributed by atoms with Gasteiger partial charge in [0.2, 0.25) is 5.91 Å². The number of thiol groups is 1. The van der Waals surface area contributed by atoms with Crippen molar-refractivity contribution in [2.75, 3.05) is 18.8 Å². The van der Waals surface area contributed by atoms with Gasteiger partial charge in [0.1, 0.15) is 0 Å². The molecule has 2 heterocycles. The summed E-state index contributed by atoms with van der Waals surface area (Å²) in [5, 5.41) is 4.32. The van der Waals surface area contributed by atoms with Gasteiger partial charge < -0.3 is 4.90 Å². The Morgan fingerprint density at radius 1 is 1.50 bits per heavy atom. The maximum Gasteiger partial charge on any atom is 0.223 e. The lowest BCUT2D eigenvalue weighted by Crippen LogP contribution is -2.38. The number of aryl methyl sites for hydroxylation is 1. The van der Waals surface area contributed by atoms with Gasteiger partial charge in [0.05, 0.1) is 0 Å². The highest BCUT2D eigenvalue weighted by Gasteiger charge is 2.25. The molecule has 5 heteroatoms. The van der Waals surface area contributed by atoms with Crippen LogP contribution in [0.5, 0.6) is 0 Å². The van der Waals surface area contributed by atoms with Crippen LogP contribution < -0.4 is 0 Å². The van der Waals surface area contributed by atoms with E-state index in [4.69, 9.17) is 0 Å². The molecule has 1 amide bonds. The number of hydrogen-bond acceptors (Lipinski definition) is 3. The molecule has 1 aliphatic heterocycles. The van der Waals surface area contributed by atoms with Crippen LogP contribution in [0.15, 0.2) is 12.3 Å². The number of rotatable bonds is 4. The van der Waals surface area contributed by atoms with Gasteiger partial charge in [0.15, 0.2) is 0 Å². The number of aromatic nitrogens is 2. The molecule has 2 rings (SSSR count). The molecule has 1 saturated heterocycles. The third-order valence-corrected chi connectivity index (χ3v) is 3.86. The lowest BCUT2D eigenvalue weighted by molar-refractivity contribution is -0.131. The highest BCUT2D eigenvalue weighted by atomic mass is 32.1. The summed E-state index contributed by atoms with van der Waals surface area (Å²) in [6.45, 7) is 4.77. The van der Waals surface area contributed by atoms with E-state index in [1.165, 1.54) is 5.69 Å². The van der Waals surface area contributed by atoms with Crippen molar-refractivity contribution in [1.82, 2.24) is 14.7 Å². The van der Waals surface area contributed by atoms with Crippen LogP contribution in [-0.4, -0.2) is 39.4 Å². The topological polar surface area (TPSA) is 38.1 Å². The number of nitrogens with zero attached hydrogens (tertiary/aromatic N) is 3. The van der Waals surface area contributed by atoms with Gasteiger partial charge in [-0.2, -0.15) is 17.7 Å². The fourth-order valence-electron chi connectivity index (χ4n) is 2.63. The van der Waals surface area contributed by atoms with Crippen LogP contribution >= 0.6 is 12.6 Å². The van der Waals surface area contributed by atoms with E-state index < -0.39 is 0 Å². The van der Waals surface area contributed by atoms with E-state index in [2.05, 4.69) is 35.4 Å². The number of likely N-dealkylation sites (tertiary alicyclic amines) is 1. The molecule has 1 aromatic heterocycles. The molecule has 0 spiro atoms. The minimum atomic E-state index is 0.243. The summed E-state index contributed by atoms with van der Waals surface area (Å²) in [5.41, 5.74) is 1.32. The number of carbonyl (C=O) groups excluding carboxylic acids is 1. The van der Waals surface area contributed by atoms with Gasteiger partial charge in [-0.3, -0.25) is 9.48 Å². The minimum Gasteiger partial charge on any atom is -0.343 e. The van der Waals surface area contributed by atoms with Gasteiger partial charge in [-0.1, -0.05) is 0 Å². The Hall–Kier alpha value is -0.970. The third kappa shape index (κ3) is 2.88. The Balaban J connectivity index is 1.92. The molecule has 0 aliphatic carbocycles. The molecule has 0 aromatic carbocycles. The van der Waals surface area contributed by atoms with Gasteiger partial charge in [0.25, 0.3) is 0 Å². The monoisotopic (exact) mass is 267 g/mol. The Kier molecular flexibility index (Phi) is 4.69. The maximum absolute atomic E-state index is 11.8. The normalized spacial score (nSPS) is 17.1. The van der Waals surface area contributed by atoms with E-state index in [1.807, 2.05) is 11.1 Å². The Morgan fingerprint density at radius 2 is 2.22 bits per heavy atom. The molecule has 0 bridgehead atoms. The molecular weight excluding hydrogens is 246 g/mol. The van der Waals surface area contributed by atoms with Crippen LogP contribution in [0.4, 0.5) is 0 Å². The summed E-state index contributed by atoms with van der Waals surface area (Å²) in [7, 11) is 0. The van der Waals surface area contributed by atoms with Crippen molar-refractivity contribution in [2.24, 2.45) is 0 Å². The summed E-state index contributed by atoms with van der Waals surface area (Å²) in [6, 6.07) is 2.11. The lowest BCUT2D eigenvalue weighted by Gasteiger charge is -2.32. The van der Waals surface area contributed by atoms with Crippen LogP contribution in [0.25, 0.3) is 0 Å². The van der Waals surface area contributed by atoms with Gasteiger partial charge >= 0.3 is 0 Å². The molecule has 0 saturated carbocycles. The van der Waals surface area contributed by atoms with Crippen LogP contribution in [-0.2, 0) is 11.3 Å². The Labute approximate surface area is 114 Å². The highest BCUT2D eigenvalue weighted by molar-refractivity contribution is 7.80. The van der Waals surface area contributed by atoms with E-state index in [0.29, 0.717) is 18.1 Å². The summed E-state index contributed by atoms with van der Waals surface area (Å²) < 4.78 is 2.07. The zero-order valence-electron chi connectivity index (χ0n) is 10.9. The first-order valence-electron chi connectivity index (χ1n) is 6.66. The van der Waals surface area contributed by atoms with E-state index >= 15 is 0 Å². The molecule has 1 aliphatic rings. The molecule has 4 nitrogen and oxygen atoms in total. The van der Waals surface area contributed by atoms with Crippen molar-refractivity contribution in [3.8, 4) is 0 Å². The van der Waals surface area contributed by atoms with Crippen molar-refractivity contribution in [3.63, 3.8) is 0 Å². The lowest BCUT2D eigenvalue weighted by atomic mass is 9.93. The quantitative estimate of drug-likeness (QED) is 0.847. The molecule has 1 aromatic rings. The van der Waals surface area contributed by atoms with Gasteiger partial charge in [0, 0.05) is 43.9 Å². The largest absolute Gasteiger partial charge is 0.343 e. The van der Waals surface area contributed by atoms with Gasteiger partial charge in [-0.05, 0) is 31.6 Å². The van der Waals surface area contributed by atoms with Crippen molar-refractivity contribution in [1.29, 1.82) is 0 Å². The zero-order valence-corrected chi connectivity index (χ0v) is 11.8. The number of hydrogen-bond donors (Lipinski definition) is 1. The molecule has 0 unspecified atom stereocenters. The first-order valence-corrected chi connectivity index (χ1v) is 7.29. The fourth-order valence-corrected chi connectivity index (χ4v) is 2.82. The molecular formula is C13H21N3OS. The number of carbonyl (C=O) groups is 1. The molecule has 0 N–H and O–H groups in total. The van der Waals surface area contributed by atoms with Crippen LogP contribution in [0.3, 0.4) is 0 Å². The molecule has 0 radical (unpaired) electrons. The minimum absolute atomic E-state index is 0.243. The van der Waals surface area contributed by atoms with E-state index in [9.17, 15) is 4.79 Å². The summed E-state index contributed by atoms with van der Waals surface area (Å²) in [4.78, 5) is 13.7. The van der Waals surface area contributed by atoms with Crippen molar-refractivity contribution >= 4 is 18.5 Å². The smallest absolute Gasteiger partial charge is 0.223 e. The predicted molar refractivity (Wildman–Crippen MR) is 74.9 cm³/mol. The first-order chi connectivity index (χ1) is 8.76. The van der Waals surface area contributed by atoms with Crippen LogP contribution in [0, 0.1) is 0 Å². The van der Waals surface area contributed by atoms with E-state index in [1.54, 1.807) is 0 Å². The second-order valence-electron chi connectivity index (χ2n) is 4.70. The van der Waals surface area contributed by atoms with E-state index in [0.717, 1.165) is 32.5 Å². The Bertz CT molecular complexity index is 397. The molecule has 18 heavy (non-hydrogen) atoms. The van der Waals surface area contributed by atoms with Crippen molar-refractivity contribution in [2.45, 2.75) is 38.6 Å². The zero-order chi connectivity index (χ0) is 13.0.